The fourth-order valence-corrected chi connectivity index (χ4v) is 3.04. The van der Waals surface area contributed by atoms with Crippen LogP contribution in [0.3, 0.4) is 0 Å². The van der Waals surface area contributed by atoms with Gasteiger partial charge in [-0.3, -0.25) is 14.3 Å². The SMILES string of the molecule is CCCCn1c(-c2ccccc2)nc2c1c(=O)[nH]c(=O)n2CCCC. The number of nitrogens with one attached hydrogen (secondary N) is 1. The first kappa shape index (κ1) is 17.2. The summed E-state index contributed by atoms with van der Waals surface area (Å²) in [5, 5.41) is 0. The summed E-state index contributed by atoms with van der Waals surface area (Å²) < 4.78 is 3.55. The van der Waals surface area contributed by atoms with E-state index in [-0.39, 0.29) is 11.2 Å². The summed E-state index contributed by atoms with van der Waals surface area (Å²) in [5.74, 6) is 0.741. The van der Waals surface area contributed by atoms with Crippen LogP contribution in [0.2, 0.25) is 0 Å². The van der Waals surface area contributed by atoms with Crippen LogP contribution in [0.15, 0.2) is 39.9 Å². The van der Waals surface area contributed by atoms with Crippen LogP contribution in [0.4, 0.5) is 0 Å². The van der Waals surface area contributed by atoms with Crippen molar-refractivity contribution in [1.29, 1.82) is 0 Å². The van der Waals surface area contributed by atoms with Gasteiger partial charge in [-0.1, -0.05) is 57.0 Å². The molecule has 25 heavy (non-hydrogen) atoms. The highest BCUT2D eigenvalue weighted by molar-refractivity contribution is 5.76. The van der Waals surface area contributed by atoms with E-state index in [9.17, 15) is 9.59 Å². The highest BCUT2D eigenvalue weighted by Gasteiger charge is 2.19. The summed E-state index contributed by atoms with van der Waals surface area (Å²) in [5.41, 5.74) is 1.17. The van der Waals surface area contributed by atoms with E-state index in [1.807, 2.05) is 34.9 Å². The second-order valence-corrected chi connectivity index (χ2v) is 6.24. The lowest BCUT2D eigenvalue weighted by atomic mass is 10.2. The summed E-state index contributed by atoms with van der Waals surface area (Å²) >= 11 is 0. The van der Waals surface area contributed by atoms with Crippen LogP contribution in [0.1, 0.15) is 39.5 Å². The minimum absolute atomic E-state index is 0.362. The van der Waals surface area contributed by atoms with E-state index in [2.05, 4.69) is 18.8 Å². The van der Waals surface area contributed by atoms with Gasteiger partial charge in [0.2, 0.25) is 0 Å². The Kier molecular flexibility index (Phi) is 5.16. The first-order valence-electron chi connectivity index (χ1n) is 8.96. The topological polar surface area (TPSA) is 72.7 Å². The van der Waals surface area contributed by atoms with Crippen molar-refractivity contribution in [3.63, 3.8) is 0 Å². The van der Waals surface area contributed by atoms with Crippen LogP contribution >= 0.6 is 0 Å². The molecule has 0 unspecified atom stereocenters. The van der Waals surface area contributed by atoms with Gasteiger partial charge in [-0.25, -0.2) is 9.78 Å². The van der Waals surface area contributed by atoms with E-state index < -0.39 is 0 Å². The standard InChI is InChI=1S/C19H24N4O2/c1-3-5-12-22-15-17(20-16(22)14-10-8-7-9-11-14)23(13-6-4-2)19(25)21-18(15)24/h7-11H,3-6,12-13H2,1-2H3,(H,21,24,25). The van der Waals surface area contributed by atoms with E-state index in [1.165, 1.54) is 0 Å². The molecule has 0 aliphatic carbocycles. The van der Waals surface area contributed by atoms with E-state index in [0.717, 1.165) is 37.1 Å². The molecule has 3 rings (SSSR count). The maximum atomic E-state index is 12.5. The number of fused-ring (bicyclic) bond motifs is 1. The number of benzene rings is 1. The second kappa shape index (κ2) is 7.51. The Bertz CT molecular complexity index is 967. The van der Waals surface area contributed by atoms with Crippen molar-refractivity contribution in [2.24, 2.45) is 0 Å². The molecule has 2 heterocycles. The van der Waals surface area contributed by atoms with Gasteiger partial charge in [-0.15, -0.1) is 0 Å². The predicted octanol–water partition coefficient (Wildman–Crippen LogP) is 3.15. The molecule has 0 saturated carbocycles. The number of aromatic amines is 1. The average molecular weight is 340 g/mol. The molecule has 0 spiro atoms. The van der Waals surface area contributed by atoms with Gasteiger partial charge in [0.25, 0.3) is 5.56 Å². The molecule has 0 bridgehead atoms. The summed E-state index contributed by atoms with van der Waals surface area (Å²) in [6.45, 7) is 5.44. The first-order chi connectivity index (χ1) is 12.2. The van der Waals surface area contributed by atoms with Crippen LogP contribution in [-0.2, 0) is 13.1 Å². The maximum absolute atomic E-state index is 12.5. The van der Waals surface area contributed by atoms with E-state index >= 15 is 0 Å². The minimum Gasteiger partial charge on any atom is -0.318 e. The largest absolute Gasteiger partial charge is 0.330 e. The highest BCUT2D eigenvalue weighted by atomic mass is 16.2. The van der Waals surface area contributed by atoms with Gasteiger partial charge in [0, 0.05) is 18.7 Å². The quantitative estimate of drug-likeness (QED) is 0.718. The molecule has 0 aliphatic heterocycles. The molecular weight excluding hydrogens is 316 g/mol. The summed E-state index contributed by atoms with van der Waals surface area (Å²) in [6.07, 6.45) is 3.79. The lowest BCUT2D eigenvalue weighted by Crippen LogP contribution is -2.31. The molecule has 1 aromatic carbocycles. The number of nitrogens with zero attached hydrogens (tertiary/aromatic N) is 3. The zero-order chi connectivity index (χ0) is 17.8. The third kappa shape index (κ3) is 3.29. The Hall–Kier alpha value is -2.63. The number of imidazole rings is 1. The fraction of sp³-hybridized carbons (Fsp3) is 0.421. The van der Waals surface area contributed by atoms with Gasteiger partial charge in [0.1, 0.15) is 5.82 Å². The lowest BCUT2D eigenvalue weighted by Gasteiger charge is -2.08. The fourth-order valence-electron chi connectivity index (χ4n) is 3.04. The number of aromatic nitrogens is 4. The lowest BCUT2D eigenvalue weighted by molar-refractivity contribution is 0.611. The van der Waals surface area contributed by atoms with E-state index in [0.29, 0.717) is 24.3 Å². The minimum atomic E-state index is -0.384. The smallest absolute Gasteiger partial charge is 0.318 e. The monoisotopic (exact) mass is 340 g/mol. The summed E-state index contributed by atoms with van der Waals surface area (Å²) in [6, 6.07) is 9.81. The number of unbranched alkanes of at least 4 members (excludes halogenated alkanes) is 2. The van der Waals surface area contributed by atoms with Gasteiger partial charge < -0.3 is 4.57 Å². The van der Waals surface area contributed by atoms with Crippen LogP contribution in [-0.4, -0.2) is 19.1 Å². The number of aryl methyl sites for hydroxylation is 2. The molecule has 3 aromatic rings. The van der Waals surface area contributed by atoms with Crippen molar-refractivity contribution < 1.29 is 0 Å². The van der Waals surface area contributed by atoms with Gasteiger partial charge in [0.15, 0.2) is 11.2 Å². The number of rotatable bonds is 7. The van der Waals surface area contributed by atoms with Crippen LogP contribution in [0, 0.1) is 0 Å². The molecule has 0 radical (unpaired) electrons. The molecule has 0 aliphatic rings. The zero-order valence-electron chi connectivity index (χ0n) is 14.8. The Balaban J connectivity index is 2.30. The number of hydrogen-bond acceptors (Lipinski definition) is 3. The molecule has 0 atom stereocenters. The van der Waals surface area contributed by atoms with Crippen molar-refractivity contribution in [2.45, 2.75) is 52.6 Å². The van der Waals surface area contributed by atoms with E-state index in [1.54, 1.807) is 4.57 Å². The summed E-state index contributed by atoms with van der Waals surface area (Å²) in [7, 11) is 0. The number of hydrogen-bond donors (Lipinski definition) is 1. The summed E-state index contributed by atoms with van der Waals surface area (Å²) in [4.78, 5) is 32.0. The third-order valence-corrected chi connectivity index (χ3v) is 4.39. The van der Waals surface area contributed by atoms with Crippen molar-refractivity contribution in [1.82, 2.24) is 19.1 Å². The van der Waals surface area contributed by atoms with Gasteiger partial charge >= 0.3 is 5.69 Å². The molecule has 2 aromatic heterocycles. The van der Waals surface area contributed by atoms with Crippen LogP contribution in [0.5, 0.6) is 0 Å². The normalized spacial score (nSPS) is 11.3. The molecule has 1 N–H and O–H groups in total. The Morgan fingerprint density at radius 2 is 1.60 bits per heavy atom. The van der Waals surface area contributed by atoms with Crippen molar-refractivity contribution in [3.8, 4) is 11.4 Å². The molecule has 0 saturated heterocycles. The first-order valence-corrected chi connectivity index (χ1v) is 8.96. The highest BCUT2D eigenvalue weighted by Crippen LogP contribution is 2.23. The van der Waals surface area contributed by atoms with Crippen molar-refractivity contribution in [2.75, 3.05) is 0 Å². The van der Waals surface area contributed by atoms with Crippen molar-refractivity contribution in [3.05, 3.63) is 51.2 Å². The van der Waals surface area contributed by atoms with Gasteiger partial charge in [-0.2, -0.15) is 0 Å². The predicted molar refractivity (Wildman–Crippen MR) is 99.9 cm³/mol. The maximum Gasteiger partial charge on any atom is 0.330 e. The molecule has 0 fully saturated rings. The van der Waals surface area contributed by atoms with Crippen molar-refractivity contribution >= 4 is 11.2 Å². The molecule has 0 amide bonds. The Morgan fingerprint density at radius 1 is 0.960 bits per heavy atom. The van der Waals surface area contributed by atoms with Crippen LogP contribution < -0.4 is 11.2 Å². The number of H-pyrrole nitrogens is 1. The van der Waals surface area contributed by atoms with Gasteiger partial charge in [-0.05, 0) is 12.8 Å². The molecule has 6 nitrogen and oxygen atoms in total. The average Bonchev–Trinajstić information content (AvgIpc) is 3.00. The van der Waals surface area contributed by atoms with Gasteiger partial charge in [0.05, 0.1) is 0 Å². The Labute approximate surface area is 146 Å². The van der Waals surface area contributed by atoms with Crippen LogP contribution in [0.25, 0.3) is 22.6 Å². The third-order valence-electron chi connectivity index (χ3n) is 4.39. The molecule has 6 heteroatoms. The molecule has 132 valence electrons. The Morgan fingerprint density at radius 3 is 2.24 bits per heavy atom. The van der Waals surface area contributed by atoms with E-state index in [4.69, 9.17) is 4.98 Å². The second-order valence-electron chi connectivity index (χ2n) is 6.24. The molecular formula is C19H24N4O2. The zero-order valence-corrected chi connectivity index (χ0v) is 14.8.